The zero-order valence-electron chi connectivity index (χ0n) is 17.1. The van der Waals surface area contributed by atoms with Gasteiger partial charge in [-0.15, -0.1) is 0 Å². The fourth-order valence-electron chi connectivity index (χ4n) is 4.32. The van der Waals surface area contributed by atoms with Crippen molar-refractivity contribution in [2.75, 3.05) is 18.1 Å². The van der Waals surface area contributed by atoms with E-state index in [-0.39, 0.29) is 33.7 Å². The van der Waals surface area contributed by atoms with Crippen LogP contribution in [0.5, 0.6) is 0 Å². The van der Waals surface area contributed by atoms with Crippen LogP contribution in [0.25, 0.3) is 0 Å². The summed E-state index contributed by atoms with van der Waals surface area (Å²) < 4.78 is 54.0. The molecule has 4 rings (SSSR count). The zero-order chi connectivity index (χ0) is 23.3. The molecule has 0 aliphatic carbocycles. The summed E-state index contributed by atoms with van der Waals surface area (Å²) in [4.78, 5) is 16.8. The predicted octanol–water partition coefficient (Wildman–Crippen LogP) is 5.95. The number of carbonyl (C=O) groups is 1. The second-order valence-electron chi connectivity index (χ2n) is 8.47. The Morgan fingerprint density at radius 1 is 1.16 bits per heavy atom. The molecule has 0 saturated carbocycles. The molecule has 2 heterocycles. The van der Waals surface area contributed by atoms with Crippen molar-refractivity contribution in [2.45, 2.75) is 31.4 Å². The van der Waals surface area contributed by atoms with Crippen molar-refractivity contribution in [3.8, 4) is 0 Å². The van der Waals surface area contributed by atoms with Crippen LogP contribution in [0.1, 0.15) is 39.9 Å². The molecule has 0 amide bonds. The van der Waals surface area contributed by atoms with E-state index in [1.165, 1.54) is 18.2 Å². The zero-order valence-corrected chi connectivity index (χ0v) is 19.5. The fraction of sp³-hybridized carbons (Fsp3) is 0.391. The molecule has 32 heavy (non-hydrogen) atoms. The Labute approximate surface area is 196 Å². The third-order valence-corrected chi connectivity index (χ3v) is 8.27. The van der Waals surface area contributed by atoms with Gasteiger partial charge in [-0.1, -0.05) is 35.3 Å². The number of rotatable bonds is 5. The molecule has 2 aliphatic heterocycles. The Bertz CT molecular complexity index is 1120. The van der Waals surface area contributed by atoms with E-state index in [9.17, 15) is 22.2 Å². The molecule has 1 unspecified atom stereocenters. The van der Waals surface area contributed by atoms with E-state index in [1.54, 1.807) is 25.1 Å². The van der Waals surface area contributed by atoms with Crippen LogP contribution in [-0.4, -0.2) is 39.9 Å². The van der Waals surface area contributed by atoms with E-state index in [1.807, 2.05) is 0 Å². The maximum Gasteiger partial charge on any atom is 0.400 e. The van der Waals surface area contributed by atoms with Crippen LogP contribution in [0.2, 0.25) is 10.0 Å². The van der Waals surface area contributed by atoms with Crippen molar-refractivity contribution in [3.05, 3.63) is 68.7 Å². The molecule has 0 N–H and O–H groups in total. The molecule has 2 aromatic carbocycles. The monoisotopic (exact) mass is 501 g/mol. The Morgan fingerprint density at radius 3 is 2.38 bits per heavy atom. The van der Waals surface area contributed by atoms with E-state index in [4.69, 9.17) is 23.2 Å². The highest BCUT2D eigenvalue weighted by Crippen LogP contribution is 2.48. The predicted molar refractivity (Wildman–Crippen MR) is 122 cm³/mol. The average Bonchev–Trinajstić information content (AvgIpc) is 3.12. The van der Waals surface area contributed by atoms with Crippen molar-refractivity contribution in [2.24, 2.45) is 10.9 Å². The van der Waals surface area contributed by atoms with E-state index in [0.29, 0.717) is 40.3 Å². The lowest BCUT2D eigenvalue weighted by Gasteiger charge is -2.31. The Morgan fingerprint density at radius 2 is 1.81 bits per heavy atom. The maximum absolute atomic E-state index is 14.3. The lowest BCUT2D eigenvalue weighted by atomic mass is 9.76. The number of carbonyl (C=O) groups excluding carboxylic acids is 1. The van der Waals surface area contributed by atoms with Crippen LogP contribution >= 0.6 is 23.2 Å². The average molecular weight is 502 g/mol. The first kappa shape index (κ1) is 23.5. The second-order valence-corrected chi connectivity index (χ2v) is 10.9. The highest BCUT2D eigenvalue weighted by molar-refractivity contribution is 7.86. The van der Waals surface area contributed by atoms with Crippen LogP contribution in [-0.2, 0) is 16.2 Å². The van der Waals surface area contributed by atoms with Gasteiger partial charge >= 0.3 is 6.18 Å². The quantitative estimate of drug-likeness (QED) is 0.475. The lowest BCUT2D eigenvalue weighted by Crippen LogP contribution is -2.43. The largest absolute Gasteiger partial charge is 0.400 e. The topological polar surface area (TPSA) is 46.5 Å². The minimum absolute atomic E-state index is 0.0114. The van der Waals surface area contributed by atoms with Crippen molar-refractivity contribution in [1.82, 2.24) is 0 Å². The van der Waals surface area contributed by atoms with Gasteiger partial charge in [-0.05, 0) is 53.8 Å². The molecule has 170 valence electrons. The number of benzene rings is 2. The molecule has 3 nitrogen and oxygen atoms in total. The van der Waals surface area contributed by atoms with Crippen LogP contribution < -0.4 is 0 Å². The number of aryl methyl sites for hydroxylation is 1. The first-order valence-electron chi connectivity index (χ1n) is 10.0. The van der Waals surface area contributed by atoms with Gasteiger partial charge in [0.2, 0.25) is 0 Å². The number of hydrogen-bond acceptors (Lipinski definition) is 3. The van der Waals surface area contributed by atoms with Crippen molar-refractivity contribution in [3.63, 3.8) is 0 Å². The van der Waals surface area contributed by atoms with Crippen molar-refractivity contribution >= 4 is 45.5 Å². The lowest BCUT2D eigenvalue weighted by molar-refractivity contribution is -0.183. The van der Waals surface area contributed by atoms with Gasteiger partial charge in [0.1, 0.15) is 5.41 Å². The summed E-state index contributed by atoms with van der Waals surface area (Å²) in [5.41, 5.74) is -0.112. The van der Waals surface area contributed by atoms with E-state index in [0.717, 1.165) is 0 Å². The molecule has 1 fully saturated rings. The molecule has 0 spiro atoms. The Balaban J connectivity index is 1.59. The molecule has 2 aromatic rings. The summed E-state index contributed by atoms with van der Waals surface area (Å²) in [5.74, 6) is 1.19. The van der Waals surface area contributed by atoms with Crippen molar-refractivity contribution < 1.29 is 22.2 Å². The number of halogens is 5. The summed E-state index contributed by atoms with van der Waals surface area (Å²) in [6, 6.07) is 8.99. The molecule has 1 atom stereocenters. The number of hydrogen-bond donors (Lipinski definition) is 0. The fourth-order valence-corrected chi connectivity index (χ4v) is 6.04. The van der Waals surface area contributed by atoms with E-state index in [2.05, 4.69) is 4.99 Å². The maximum atomic E-state index is 14.3. The Hall–Kier alpha value is -1.70. The molecule has 1 saturated heterocycles. The molecule has 9 heteroatoms. The van der Waals surface area contributed by atoms with Gasteiger partial charge in [0.25, 0.3) is 0 Å². The summed E-state index contributed by atoms with van der Waals surface area (Å²) in [7, 11) is -0.816. The minimum Gasteiger partial charge on any atom is -0.294 e. The molecule has 0 radical (unpaired) electrons. The standard InChI is InChI=1S/C23H20Cl2F3NO2S/c1-13-4-15(2-3-19(13)21(30)5-14-10-32(31)11-14)20-9-22(12-29-20,23(26,27)28)16-6-17(24)8-18(25)7-16/h2-4,6-8,14H,5,9-12H2,1H3. The van der Waals surface area contributed by atoms with E-state index >= 15 is 0 Å². The highest BCUT2D eigenvalue weighted by Gasteiger charge is 2.58. The minimum atomic E-state index is -4.56. The van der Waals surface area contributed by atoms with Crippen LogP contribution in [0.4, 0.5) is 13.2 Å². The molecular weight excluding hydrogens is 482 g/mol. The van der Waals surface area contributed by atoms with Crippen molar-refractivity contribution in [1.29, 1.82) is 0 Å². The molecule has 0 aromatic heterocycles. The summed E-state index contributed by atoms with van der Waals surface area (Å²) >= 11 is 12.0. The van der Waals surface area contributed by atoms with Crippen LogP contribution in [0.15, 0.2) is 41.4 Å². The van der Waals surface area contributed by atoms with Gasteiger partial charge in [0.05, 0.1) is 6.54 Å². The van der Waals surface area contributed by atoms with Gasteiger partial charge < -0.3 is 0 Å². The van der Waals surface area contributed by atoms with Gasteiger partial charge in [0.15, 0.2) is 5.78 Å². The first-order chi connectivity index (χ1) is 15.0. The number of Topliss-reactive ketones (excluding diaryl/α,β-unsaturated/α-hetero) is 1. The molecular formula is C23H20Cl2F3NO2S. The normalized spacial score (nSPS) is 25.4. The third-order valence-electron chi connectivity index (χ3n) is 6.14. The van der Waals surface area contributed by atoms with E-state index < -0.39 is 28.9 Å². The number of ketones is 1. The number of nitrogens with zero attached hydrogens (tertiary/aromatic N) is 1. The third kappa shape index (κ3) is 4.39. The van der Waals surface area contributed by atoms with Crippen LogP contribution in [0, 0.1) is 12.8 Å². The SMILES string of the molecule is Cc1cc(C2=NCC(c3cc(Cl)cc(Cl)c3)(C(F)(F)F)C2)ccc1C(=O)CC1CS(=O)C1. The smallest absolute Gasteiger partial charge is 0.294 e. The summed E-state index contributed by atoms with van der Waals surface area (Å²) in [6.07, 6.45) is -4.56. The Kier molecular flexibility index (Phi) is 6.29. The van der Waals surface area contributed by atoms with Gasteiger partial charge in [-0.25, -0.2) is 0 Å². The van der Waals surface area contributed by atoms with Gasteiger partial charge in [-0.2, -0.15) is 13.2 Å². The van der Waals surface area contributed by atoms with Gasteiger partial charge in [0, 0.05) is 56.5 Å². The molecule has 2 aliphatic rings. The second kappa shape index (κ2) is 8.58. The first-order valence-corrected chi connectivity index (χ1v) is 12.3. The van der Waals surface area contributed by atoms with Crippen LogP contribution in [0.3, 0.4) is 0 Å². The number of aliphatic imine (C=N–C) groups is 1. The highest BCUT2D eigenvalue weighted by atomic mass is 35.5. The molecule has 0 bridgehead atoms. The van der Waals surface area contributed by atoms with Gasteiger partial charge in [-0.3, -0.25) is 14.0 Å². The number of alkyl halides is 3. The summed E-state index contributed by atoms with van der Waals surface area (Å²) in [5, 5.41) is 0.275. The summed E-state index contributed by atoms with van der Waals surface area (Å²) in [6.45, 7) is 1.31.